The maximum absolute atomic E-state index is 5.32. The van der Waals surface area contributed by atoms with E-state index in [2.05, 4.69) is 64.8 Å². The van der Waals surface area contributed by atoms with Crippen molar-refractivity contribution in [3.05, 3.63) is 36.0 Å². The van der Waals surface area contributed by atoms with Crippen molar-refractivity contribution < 1.29 is 0 Å². The van der Waals surface area contributed by atoms with Crippen LogP contribution in [0.1, 0.15) is 18.9 Å². The standard InChI is InChI=1S/C17H23N3S2/c1-2-19-9-10-20(17(21)22)14(12-19)8-7-13-11-18-16-6-4-3-5-15(13)16/h3-6,11,14,18H,2,7-10,12H2,1H3,(H,21,22). The smallest absolute Gasteiger partial charge is 0.133 e. The minimum atomic E-state index is 0.465. The molecule has 0 bridgehead atoms. The second-order valence-electron chi connectivity index (χ2n) is 5.92. The van der Waals surface area contributed by atoms with Crippen LogP contribution in [0.4, 0.5) is 0 Å². The van der Waals surface area contributed by atoms with E-state index in [4.69, 9.17) is 12.2 Å². The third kappa shape index (κ3) is 3.31. The molecule has 1 atom stereocenters. The minimum Gasteiger partial charge on any atom is -0.361 e. The Morgan fingerprint density at radius 2 is 2.18 bits per heavy atom. The Hall–Kier alpha value is -1.04. The van der Waals surface area contributed by atoms with E-state index in [0.717, 1.165) is 43.3 Å². The van der Waals surface area contributed by atoms with E-state index in [1.807, 2.05) is 0 Å². The molecule has 1 aromatic heterocycles. The Labute approximate surface area is 143 Å². The molecule has 118 valence electrons. The van der Waals surface area contributed by atoms with Crippen LogP contribution in [0.2, 0.25) is 0 Å². The fraction of sp³-hybridized carbons (Fsp3) is 0.471. The first-order valence-electron chi connectivity index (χ1n) is 7.96. The zero-order valence-electron chi connectivity index (χ0n) is 13.0. The molecule has 1 aliphatic rings. The fourth-order valence-electron chi connectivity index (χ4n) is 3.37. The zero-order valence-corrected chi connectivity index (χ0v) is 14.7. The first kappa shape index (κ1) is 15.8. The van der Waals surface area contributed by atoms with Crippen molar-refractivity contribution >= 4 is 40.1 Å². The van der Waals surface area contributed by atoms with Gasteiger partial charge in [-0.15, -0.1) is 12.6 Å². The maximum Gasteiger partial charge on any atom is 0.133 e. The molecule has 5 heteroatoms. The van der Waals surface area contributed by atoms with Crippen molar-refractivity contribution in [1.29, 1.82) is 0 Å². The summed E-state index contributed by atoms with van der Waals surface area (Å²) in [5.74, 6) is 0. The number of piperazine rings is 1. The highest BCUT2D eigenvalue weighted by atomic mass is 32.1. The summed E-state index contributed by atoms with van der Waals surface area (Å²) in [4.78, 5) is 8.16. The van der Waals surface area contributed by atoms with E-state index < -0.39 is 0 Å². The van der Waals surface area contributed by atoms with Gasteiger partial charge >= 0.3 is 0 Å². The topological polar surface area (TPSA) is 22.3 Å². The van der Waals surface area contributed by atoms with Gasteiger partial charge in [-0.3, -0.25) is 4.90 Å². The van der Waals surface area contributed by atoms with Crippen molar-refractivity contribution in [2.24, 2.45) is 0 Å². The quantitative estimate of drug-likeness (QED) is 0.662. The number of thiol groups is 1. The number of para-hydroxylation sites is 1. The van der Waals surface area contributed by atoms with E-state index in [9.17, 15) is 0 Å². The molecule has 0 saturated carbocycles. The van der Waals surface area contributed by atoms with Gasteiger partial charge < -0.3 is 9.88 Å². The number of aromatic amines is 1. The molecule has 1 saturated heterocycles. The van der Waals surface area contributed by atoms with Crippen LogP contribution in [0.25, 0.3) is 10.9 Å². The van der Waals surface area contributed by atoms with E-state index >= 15 is 0 Å². The predicted octanol–water partition coefficient (Wildman–Crippen LogP) is 3.32. The van der Waals surface area contributed by atoms with E-state index in [1.54, 1.807) is 0 Å². The third-order valence-electron chi connectivity index (χ3n) is 4.68. The first-order chi connectivity index (χ1) is 10.7. The molecule has 1 N–H and O–H groups in total. The van der Waals surface area contributed by atoms with Crippen LogP contribution in [0, 0.1) is 0 Å². The molecule has 3 nitrogen and oxygen atoms in total. The Bertz CT molecular complexity index is 652. The normalized spacial score (nSPS) is 19.7. The summed E-state index contributed by atoms with van der Waals surface area (Å²) in [7, 11) is 0. The van der Waals surface area contributed by atoms with Gasteiger partial charge in [-0.25, -0.2) is 0 Å². The summed E-state index contributed by atoms with van der Waals surface area (Å²) in [5, 5.41) is 1.34. The molecular formula is C17H23N3S2. The fourth-order valence-corrected chi connectivity index (χ4v) is 3.87. The van der Waals surface area contributed by atoms with E-state index in [-0.39, 0.29) is 0 Å². The molecule has 2 heterocycles. The number of fused-ring (bicyclic) bond motifs is 1. The summed E-state index contributed by atoms with van der Waals surface area (Å²) in [6.07, 6.45) is 4.33. The number of thiocarbonyl (C=S) groups is 1. The van der Waals surface area contributed by atoms with Gasteiger partial charge in [0.2, 0.25) is 0 Å². The summed E-state index contributed by atoms with van der Waals surface area (Å²) in [5.41, 5.74) is 2.62. The van der Waals surface area contributed by atoms with Crippen LogP contribution < -0.4 is 0 Å². The van der Waals surface area contributed by atoms with Crippen LogP contribution in [0.15, 0.2) is 30.5 Å². The summed E-state index contributed by atoms with van der Waals surface area (Å²) >= 11 is 9.74. The number of aromatic nitrogens is 1. The lowest BCUT2D eigenvalue weighted by Gasteiger charge is -2.41. The van der Waals surface area contributed by atoms with Gasteiger partial charge in [-0.05, 0) is 31.0 Å². The van der Waals surface area contributed by atoms with E-state index in [0.29, 0.717) is 6.04 Å². The first-order valence-corrected chi connectivity index (χ1v) is 8.81. The number of hydrogen-bond donors (Lipinski definition) is 2. The van der Waals surface area contributed by atoms with Gasteiger partial charge in [-0.1, -0.05) is 37.3 Å². The molecule has 0 amide bonds. The van der Waals surface area contributed by atoms with Crippen LogP contribution in [-0.2, 0) is 6.42 Å². The summed E-state index contributed by atoms with van der Waals surface area (Å²) in [6.45, 7) is 6.50. The van der Waals surface area contributed by atoms with Gasteiger partial charge in [0.05, 0.1) is 0 Å². The lowest BCUT2D eigenvalue weighted by atomic mass is 10.0. The minimum absolute atomic E-state index is 0.465. The van der Waals surface area contributed by atoms with Crippen LogP contribution in [0.3, 0.4) is 0 Å². The Balaban J connectivity index is 1.71. The number of nitrogens with one attached hydrogen (secondary N) is 1. The average molecular weight is 334 g/mol. The van der Waals surface area contributed by atoms with Crippen molar-refractivity contribution in [1.82, 2.24) is 14.8 Å². The van der Waals surface area contributed by atoms with Crippen molar-refractivity contribution in [2.75, 3.05) is 26.2 Å². The molecule has 1 unspecified atom stereocenters. The molecule has 0 radical (unpaired) electrons. The molecule has 3 rings (SSSR count). The lowest BCUT2D eigenvalue weighted by molar-refractivity contribution is 0.131. The average Bonchev–Trinajstić information content (AvgIpc) is 2.95. The zero-order chi connectivity index (χ0) is 15.5. The molecular weight excluding hydrogens is 310 g/mol. The second-order valence-corrected chi connectivity index (χ2v) is 7.03. The van der Waals surface area contributed by atoms with Crippen molar-refractivity contribution in [2.45, 2.75) is 25.8 Å². The van der Waals surface area contributed by atoms with E-state index in [1.165, 1.54) is 16.5 Å². The van der Waals surface area contributed by atoms with Gasteiger partial charge in [0, 0.05) is 42.8 Å². The van der Waals surface area contributed by atoms with Crippen LogP contribution >= 0.6 is 24.8 Å². The molecule has 22 heavy (non-hydrogen) atoms. The molecule has 2 aromatic rings. The lowest BCUT2D eigenvalue weighted by Crippen LogP contribution is -2.53. The van der Waals surface area contributed by atoms with Gasteiger partial charge in [0.1, 0.15) is 4.32 Å². The van der Waals surface area contributed by atoms with Gasteiger partial charge in [0.25, 0.3) is 0 Å². The Morgan fingerprint density at radius 3 is 2.95 bits per heavy atom. The molecule has 1 aliphatic heterocycles. The number of rotatable bonds is 4. The Morgan fingerprint density at radius 1 is 1.36 bits per heavy atom. The van der Waals surface area contributed by atoms with Crippen molar-refractivity contribution in [3.63, 3.8) is 0 Å². The summed E-state index contributed by atoms with van der Waals surface area (Å²) in [6, 6.07) is 8.97. The second kappa shape index (κ2) is 7.02. The monoisotopic (exact) mass is 333 g/mol. The van der Waals surface area contributed by atoms with Crippen LogP contribution in [0.5, 0.6) is 0 Å². The van der Waals surface area contributed by atoms with Gasteiger partial charge in [-0.2, -0.15) is 0 Å². The molecule has 1 aromatic carbocycles. The van der Waals surface area contributed by atoms with Gasteiger partial charge in [0.15, 0.2) is 0 Å². The Kier molecular flexibility index (Phi) is 5.06. The SMILES string of the molecule is CCN1CCN(C(=S)S)C(CCc2c[nH]c3ccccc23)C1. The third-order valence-corrected chi connectivity index (χ3v) is 5.17. The van der Waals surface area contributed by atoms with Crippen LogP contribution in [-0.4, -0.2) is 51.3 Å². The predicted molar refractivity (Wildman–Crippen MR) is 101 cm³/mol. The number of aryl methyl sites for hydroxylation is 1. The molecule has 1 fully saturated rings. The van der Waals surface area contributed by atoms with Crippen molar-refractivity contribution in [3.8, 4) is 0 Å². The number of hydrogen-bond acceptors (Lipinski definition) is 2. The molecule has 0 spiro atoms. The number of benzene rings is 1. The largest absolute Gasteiger partial charge is 0.361 e. The maximum atomic E-state index is 5.32. The number of H-pyrrole nitrogens is 1. The highest BCUT2D eigenvalue weighted by Crippen LogP contribution is 2.22. The number of nitrogens with zero attached hydrogens (tertiary/aromatic N) is 2. The number of likely N-dealkylation sites (N-methyl/N-ethyl adjacent to an activating group) is 1. The highest BCUT2D eigenvalue weighted by molar-refractivity contribution is 8.10. The highest BCUT2D eigenvalue weighted by Gasteiger charge is 2.26. The molecule has 0 aliphatic carbocycles. The summed E-state index contributed by atoms with van der Waals surface area (Å²) < 4.78 is 0.736.